The van der Waals surface area contributed by atoms with E-state index in [4.69, 9.17) is 0 Å². The van der Waals surface area contributed by atoms with Crippen LogP contribution < -0.4 is 10.4 Å². The van der Waals surface area contributed by atoms with E-state index in [-0.39, 0.29) is 5.91 Å². The third-order valence-electron chi connectivity index (χ3n) is 3.00. The highest BCUT2D eigenvalue weighted by Crippen LogP contribution is 2.35. The molecule has 2 aromatic rings. The first-order valence-corrected chi connectivity index (χ1v) is 6.61. The van der Waals surface area contributed by atoms with Gasteiger partial charge in [-0.1, -0.05) is 46.8 Å². The van der Waals surface area contributed by atoms with E-state index < -0.39 is 0 Å². The number of hydrogen-bond donors (Lipinski definition) is 1. The second kappa shape index (κ2) is 4.55. The van der Waals surface area contributed by atoms with Gasteiger partial charge in [0.15, 0.2) is 0 Å². The van der Waals surface area contributed by atoms with Crippen molar-refractivity contribution < 1.29 is 4.79 Å². The number of amides is 1. The van der Waals surface area contributed by atoms with E-state index in [9.17, 15) is 4.79 Å². The molecule has 3 nitrogen and oxygen atoms in total. The summed E-state index contributed by atoms with van der Waals surface area (Å²) in [7, 11) is 0. The zero-order valence-electron chi connectivity index (χ0n) is 10.1. The molecule has 0 unspecified atom stereocenters. The predicted molar refractivity (Wildman–Crippen MR) is 80.7 cm³/mol. The number of rotatable bonds is 2. The van der Waals surface area contributed by atoms with E-state index in [1.165, 1.54) is 5.01 Å². The lowest BCUT2D eigenvalue weighted by Gasteiger charge is -2.19. The van der Waals surface area contributed by atoms with Gasteiger partial charge in [0.05, 0.1) is 11.4 Å². The van der Waals surface area contributed by atoms with Crippen molar-refractivity contribution in [2.75, 3.05) is 10.4 Å². The Morgan fingerprint density at radius 3 is 2.68 bits per heavy atom. The van der Waals surface area contributed by atoms with Crippen LogP contribution in [0.3, 0.4) is 0 Å². The quantitative estimate of drug-likeness (QED) is 0.854. The summed E-state index contributed by atoms with van der Waals surface area (Å²) in [4.78, 5) is 12.2. The molecule has 0 fully saturated rings. The molecule has 1 heterocycles. The Morgan fingerprint density at radius 2 is 1.89 bits per heavy atom. The van der Waals surface area contributed by atoms with Crippen LogP contribution in [0, 0.1) is 0 Å². The number of carbonyl (C=O) groups excluding carboxylic acids is 1. The fraction of sp³-hybridized carbons (Fsp3) is 0. The van der Waals surface area contributed by atoms with Gasteiger partial charge in [-0.15, -0.1) is 0 Å². The Morgan fingerprint density at radius 1 is 1.11 bits per heavy atom. The van der Waals surface area contributed by atoms with Crippen molar-refractivity contribution in [1.29, 1.82) is 0 Å². The number of nitrogens with one attached hydrogen (secondary N) is 1. The van der Waals surface area contributed by atoms with Gasteiger partial charge >= 0.3 is 0 Å². The van der Waals surface area contributed by atoms with Crippen molar-refractivity contribution in [2.24, 2.45) is 0 Å². The Hall–Kier alpha value is -2.07. The van der Waals surface area contributed by atoms with Crippen molar-refractivity contribution in [1.82, 2.24) is 0 Å². The molecular formula is C15H11BrN2O. The van der Waals surface area contributed by atoms with E-state index in [2.05, 4.69) is 27.9 Å². The Labute approximate surface area is 119 Å². The number of hydrazine groups is 1. The number of fused-ring (bicyclic) bond motifs is 1. The van der Waals surface area contributed by atoms with Gasteiger partial charge in [0, 0.05) is 15.6 Å². The second-order valence-corrected chi connectivity index (χ2v) is 5.17. The third-order valence-corrected chi connectivity index (χ3v) is 3.49. The van der Waals surface area contributed by atoms with E-state index >= 15 is 0 Å². The number of halogens is 1. The Kier molecular flexibility index (Phi) is 2.87. The summed E-state index contributed by atoms with van der Waals surface area (Å²) in [6, 6.07) is 15.3. The average Bonchev–Trinajstić information content (AvgIpc) is 2.65. The van der Waals surface area contributed by atoms with Gasteiger partial charge in [-0.05, 0) is 24.3 Å². The predicted octanol–water partition coefficient (Wildman–Crippen LogP) is 3.84. The first kappa shape index (κ1) is 12.0. The molecule has 0 spiro atoms. The number of para-hydroxylation sites is 1. The van der Waals surface area contributed by atoms with Gasteiger partial charge in [-0.2, -0.15) is 0 Å². The highest BCUT2D eigenvalue weighted by molar-refractivity contribution is 9.10. The van der Waals surface area contributed by atoms with Crippen LogP contribution in [0.25, 0.3) is 5.57 Å². The van der Waals surface area contributed by atoms with Crippen LogP contribution in [-0.2, 0) is 4.79 Å². The Bertz CT molecular complexity index is 681. The van der Waals surface area contributed by atoms with Crippen molar-refractivity contribution >= 4 is 38.8 Å². The monoisotopic (exact) mass is 314 g/mol. The largest absolute Gasteiger partial charge is 0.291 e. The summed E-state index contributed by atoms with van der Waals surface area (Å²) in [5.74, 6) is -0.124. The lowest BCUT2D eigenvalue weighted by atomic mass is 10.1. The van der Waals surface area contributed by atoms with Gasteiger partial charge in [0.1, 0.15) is 0 Å². The maximum Gasteiger partial charge on any atom is 0.277 e. The molecule has 0 aliphatic carbocycles. The number of anilines is 2. The minimum atomic E-state index is -0.124. The summed E-state index contributed by atoms with van der Waals surface area (Å²) in [6.45, 7) is 3.85. The van der Waals surface area contributed by atoms with Crippen molar-refractivity contribution in [2.45, 2.75) is 0 Å². The fourth-order valence-electron chi connectivity index (χ4n) is 2.08. The fourth-order valence-corrected chi connectivity index (χ4v) is 2.48. The maximum atomic E-state index is 12.2. The molecule has 1 aliphatic heterocycles. The summed E-state index contributed by atoms with van der Waals surface area (Å²) < 4.78 is 0.955. The average molecular weight is 315 g/mol. The van der Waals surface area contributed by atoms with Gasteiger partial charge in [-0.25, -0.2) is 5.01 Å². The molecule has 0 saturated heterocycles. The highest BCUT2D eigenvalue weighted by Gasteiger charge is 2.30. The van der Waals surface area contributed by atoms with Crippen LogP contribution in [0.2, 0.25) is 0 Å². The lowest BCUT2D eigenvalue weighted by Crippen LogP contribution is -2.32. The second-order valence-electron chi connectivity index (χ2n) is 4.26. The lowest BCUT2D eigenvalue weighted by molar-refractivity contribution is -0.112. The molecule has 2 aromatic carbocycles. The van der Waals surface area contributed by atoms with Crippen LogP contribution in [0.15, 0.2) is 59.6 Å². The molecule has 0 radical (unpaired) electrons. The van der Waals surface area contributed by atoms with Crippen molar-refractivity contribution in [3.05, 3.63) is 65.1 Å². The summed E-state index contributed by atoms with van der Waals surface area (Å²) in [5, 5.41) is 1.53. The van der Waals surface area contributed by atoms with E-state index in [1.807, 2.05) is 48.5 Å². The van der Waals surface area contributed by atoms with Gasteiger partial charge in [0.25, 0.3) is 5.91 Å². The number of benzene rings is 2. The third kappa shape index (κ3) is 2.04. The first-order chi connectivity index (χ1) is 9.16. The smallest absolute Gasteiger partial charge is 0.277 e. The van der Waals surface area contributed by atoms with E-state index in [0.717, 1.165) is 21.4 Å². The van der Waals surface area contributed by atoms with Crippen molar-refractivity contribution in [3.8, 4) is 0 Å². The molecule has 1 N–H and O–H groups in total. The minimum Gasteiger partial charge on any atom is -0.291 e. The van der Waals surface area contributed by atoms with Crippen LogP contribution in [0.1, 0.15) is 5.56 Å². The van der Waals surface area contributed by atoms with Crippen LogP contribution in [0.4, 0.5) is 11.4 Å². The van der Waals surface area contributed by atoms with Gasteiger partial charge in [-0.3, -0.25) is 10.2 Å². The molecule has 19 heavy (non-hydrogen) atoms. The molecule has 94 valence electrons. The summed E-state index contributed by atoms with van der Waals surface area (Å²) in [6.07, 6.45) is 0. The minimum absolute atomic E-state index is 0.124. The van der Waals surface area contributed by atoms with Crippen LogP contribution in [0.5, 0.6) is 0 Å². The summed E-state index contributed by atoms with van der Waals surface area (Å²) in [5.41, 5.74) is 6.16. The van der Waals surface area contributed by atoms with E-state index in [1.54, 1.807) is 0 Å². The molecular weight excluding hydrogens is 304 g/mol. The molecule has 0 aromatic heterocycles. The molecule has 4 heteroatoms. The molecule has 3 rings (SSSR count). The number of hydrogen-bond acceptors (Lipinski definition) is 2. The topological polar surface area (TPSA) is 32.3 Å². The first-order valence-electron chi connectivity index (χ1n) is 5.82. The van der Waals surface area contributed by atoms with Gasteiger partial charge in [0.2, 0.25) is 0 Å². The zero-order chi connectivity index (χ0) is 13.4. The van der Waals surface area contributed by atoms with Crippen LogP contribution >= 0.6 is 15.9 Å². The van der Waals surface area contributed by atoms with Crippen LogP contribution in [-0.4, -0.2) is 5.91 Å². The highest BCUT2D eigenvalue weighted by atomic mass is 79.9. The molecule has 0 atom stereocenters. The Balaban J connectivity index is 1.98. The molecule has 0 saturated carbocycles. The molecule has 1 amide bonds. The number of nitrogens with zero attached hydrogens (tertiary/aromatic N) is 1. The number of carbonyl (C=O) groups is 1. The zero-order valence-corrected chi connectivity index (χ0v) is 11.6. The van der Waals surface area contributed by atoms with Gasteiger partial charge < -0.3 is 0 Å². The molecule has 0 bridgehead atoms. The molecule has 1 aliphatic rings. The van der Waals surface area contributed by atoms with E-state index in [0.29, 0.717) is 5.57 Å². The normalized spacial score (nSPS) is 13.6. The maximum absolute atomic E-state index is 12.2. The summed E-state index contributed by atoms with van der Waals surface area (Å²) >= 11 is 3.41. The van der Waals surface area contributed by atoms with Crippen molar-refractivity contribution in [3.63, 3.8) is 0 Å². The SMILES string of the molecule is C=C1C(=O)N(Nc2cccc(Br)c2)c2ccccc21. The standard InChI is InChI=1S/C15H11BrN2O/c1-10-13-7-2-3-8-14(13)18(15(10)19)17-12-6-4-5-11(16)9-12/h2-9,17H,1H2.